The summed E-state index contributed by atoms with van der Waals surface area (Å²) < 4.78 is 0. The fourth-order valence-corrected chi connectivity index (χ4v) is 4.21. The molecule has 0 spiro atoms. The molecule has 3 nitrogen and oxygen atoms in total. The molecule has 0 aliphatic heterocycles. The summed E-state index contributed by atoms with van der Waals surface area (Å²) >= 11 is 8.58. The van der Waals surface area contributed by atoms with E-state index < -0.39 is 11.4 Å². The number of benzene rings is 1. The Kier molecular flexibility index (Phi) is 7.57. The first-order chi connectivity index (χ1) is 11.8. The molecular formula is C21H34O3S2. The molecule has 0 aliphatic carbocycles. The molecule has 1 rings (SSSR count). The van der Waals surface area contributed by atoms with Gasteiger partial charge in [-0.2, -0.15) is 25.3 Å². The highest BCUT2D eigenvalue weighted by atomic mass is 32.1. The number of phenolic OH excluding ortho intramolecular Hbond substituents is 1. The molecule has 0 fully saturated rings. The molecule has 0 amide bonds. The van der Waals surface area contributed by atoms with E-state index in [1.807, 2.05) is 12.1 Å². The van der Waals surface area contributed by atoms with Crippen molar-refractivity contribution in [1.29, 1.82) is 0 Å². The summed E-state index contributed by atoms with van der Waals surface area (Å²) in [5, 5.41) is 20.8. The average molecular weight is 399 g/mol. The molecule has 0 aliphatic rings. The zero-order valence-electron chi connectivity index (χ0n) is 16.9. The SMILES string of the molecule is CC(C)(C)c1cc(CC(CCS)(CCS)C(=O)O)cc(C(C)(C)C)c1O. The van der Waals surface area contributed by atoms with Gasteiger partial charge < -0.3 is 10.2 Å². The smallest absolute Gasteiger partial charge is 0.310 e. The lowest BCUT2D eigenvalue weighted by Crippen LogP contribution is -2.35. The highest BCUT2D eigenvalue weighted by Gasteiger charge is 2.38. The van der Waals surface area contributed by atoms with Gasteiger partial charge in [-0.25, -0.2) is 0 Å². The van der Waals surface area contributed by atoms with Crippen molar-refractivity contribution >= 4 is 31.2 Å². The fourth-order valence-electron chi connectivity index (χ4n) is 3.35. The molecule has 0 saturated carbocycles. The van der Waals surface area contributed by atoms with E-state index in [0.29, 0.717) is 36.5 Å². The number of hydrogen-bond acceptors (Lipinski definition) is 4. The van der Waals surface area contributed by atoms with E-state index >= 15 is 0 Å². The first-order valence-electron chi connectivity index (χ1n) is 9.10. The Hall–Kier alpha value is -0.810. The molecule has 5 heteroatoms. The summed E-state index contributed by atoms with van der Waals surface area (Å²) in [7, 11) is 0. The quantitative estimate of drug-likeness (QED) is 0.475. The van der Waals surface area contributed by atoms with Crippen molar-refractivity contribution in [3.63, 3.8) is 0 Å². The van der Waals surface area contributed by atoms with Gasteiger partial charge >= 0.3 is 5.97 Å². The van der Waals surface area contributed by atoms with Crippen LogP contribution in [-0.4, -0.2) is 27.7 Å². The van der Waals surface area contributed by atoms with Gasteiger partial charge in [-0.15, -0.1) is 0 Å². The number of hydrogen-bond donors (Lipinski definition) is 4. The van der Waals surface area contributed by atoms with Crippen molar-refractivity contribution < 1.29 is 15.0 Å². The molecule has 26 heavy (non-hydrogen) atoms. The van der Waals surface area contributed by atoms with E-state index in [9.17, 15) is 15.0 Å². The molecule has 1 aromatic carbocycles. The lowest BCUT2D eigenvalue weighted by Gasteiger charge is -2.32. The first-order valence-corrected chi connectivity index (χ1v) is 10.4. The number of carboxylic acid groups (broad SMARTS) is 1. The largest absolute Gasteiger partial charge is 0.507 e. The number of aromatic hydroxyl groups is 1. The number of aliphatic carboxylic acids is 1. The van der Waals surface area contributed by atoms with Gasteiger partial charge in [-0.3, -0.25) is 4.79 Å². The van der Waals surface area contributed by atoms with E-state index in [1.54, 1.807) is 0 Å². The second-order valence-electron chi connectivity index (χ2n) is 9.25. The summed E-state index contributed by atoms with van der Waals surface area (Å²) in [6.07, 6.45) is 1.39. The summed E-state index contributed by atoms with van der Waals surface area (Å²) in [4.78, 5) is 12.1. The van der Waals surface area contributed by atoms with Crippen molar-refractivity contribution in [2.75, 3.05) is 11.5 Å². The molecule has 0 unspecified atom stereocenters. The molecule has 0 heterocycles. The highest BCUT2D eigenvalue weighted by Crippen LogP contribution is 2.42. The Morgan fingerprint density at radius 1 is 0.923 bits per heavy atom. The van der Waals surface area contributed by atoms with Crippen LogP contribution in [0.4, 0.5) is 0 Å². The van der Waals surface area contributed by atoms with E-state index in [4.69, 9.17) is 0 Å². The lowest BCUT2D eigenvalue weighted by molar-refractivity contribution is -0.149. The zero-order chi connectivity index (χ0) is 20.3. The molecule has 0 saturated heterocycles. The topological polar surface area (TPSA) is 57.5 Å². The van der Waals surface area contributed by atoms with Gasteiger partial charge in [-0.05, 0) is 58.3 Å². The Morgan fingerprint density at radius 2 is 1.31 bits per heavy atom. The van der Waals surface area contributed by atoms with E-state index in [-0.39, 0.29) is 10.8 Å². The molecule has 0 aromatic heterocycles. The van der Waals surface area contributed by atoms with E-state index in [2.05, 4.69) is 66.8 Å². The Balaban J connectivity index is 3.58. The number of carboxylic acids is 1. The Labute approximate surface area is 169 Å². The van der Waals surface area contributed by atoms with Crippen LogP contribution >= 0.6 is 25.3 Å². The van der Waals surface area contributed by atoms with Crippen molar-refractivity contribution in [3.8, 4) is 5.75 Å². The predicted molar refractivity (Wildman–Crippen MR) is 116 cm³/mol. The summed E-state index contributed by atoms with van der Waals surface area (Å²) in [6, 6.07) is 3.94. The molecule has 2 N–H and O–H groups in total. The molecule has 0 radical (unpaired) electrons. The standard InChI is InChI=1S/C21H34O3S2/c1-19(2,3)15-11-14(12-16(17(15)22)20(4,5)6)13-21(7-9-25,8-10-26)18(23)24/h11-12,22,25-26H,7-10,13H2,1-6H3,(H,23,24). The molecule has 0 atom stereocenters. The van der Waals surface area contributed by atoms with Crippen LogP contribution in [0.2, 0.25) is 0 Å². The van der Waals surface area contributed by atoms with Crippen LogP contribution in [0.5, 0.6) is 5.75 Å². The average Bonchev–Trinajstić information content (AvgIpc) is 2.46. The van der Waals surface area contributed by atoms with Crippen molar-refractivity contribution in [2.45, 2.75) is 71.6 Å². The van der Waals surface area contributed by atoms with Crippen molar-refractivity contribution in [1.82, 2.24) is 0 Å². The summed E-state index contributed by atoms with van der Waals surface area (Å²) in [5.74, 6) is 0.536. The van der Waals surface area contributed by atoms with Crippen LogP contribution in [0.25, 0.3) is 0 Å². The number of phenols is 1. The van der Waals surface area contributed by atoms with Crippen LogP contribution in [0.15, 0.2) is 12.1 Å². The van der Waals surface area contributed by atoms with Crippen LogP contribution in [0, 0.1) is 5.41 Å². The van der Waals surface area contributed by atoms with Crippen LogP contribution in [0.3, 0.4) is 0 Å². The maximum Gasteiger partial charge on any atom is 0.310 e. The minimum atomic E-state index is -0.884. The molecule has 1 aromatic rings. The van der Waals surface area contributed by atoms with Crippen molar-refractivity contribution in [2.24, 2.45) is 5.41 Å². The minimum Gasteiger partial charge on any atom is -0.507 e. The monoisotopic (exact) mass is 398 g/mol. The van der Waals surface area contributed by atoms with Gasteiger partial charge in [0.05, 0.1) is 5.41 Å². The second kappa shape index (κ2) is 8.47. The van der Waals surface area contributed by atoms with Gasteiger partial charge in [0.1, 0.15) is 5.75 Å². The third kappa shape index (κ3) is 5.35. The summed E-state index contributed by atoms with van der Waals surface area (Å²) in [6.45, 7) is 12.4. The van der Waals surface area contributed by atoms with Gasteiger partial charge in [0, 0.05) is 0 Å². The summed E-state index contributed by atoms with van der Waals surface area (Å²) in [5.41, 5.74) is 1.30. The van der Waals surface area contributed by atoms with Gasteiger partial charge in [0.15, 0.2) is 0 Å². The van der Waals surface area contributed by atoms with Crippen LogP contribution in [-0.2, 0) is 22.0 Å². The van der Waals surface area contributed by atoms with Gasteiger partial charge in [-0.1, -0.05) is 53.7 Å². The van der Waals surface area contributed by atoms with E-state index in [0.717, 1.165) is 16.7 Å². The lowest BCUT2D eigenvalue weighted by atomic mass is 9.73. The molecule has 0 bridgehead atoms. The second-order valence-corrected chi connectivity index (χ2v) is 10.1. The van der Waals surface area contributed by atoms with Gasteiger partial charge in [0.25, 0.3) is 0 Å². The van der Waals surface area contributed by atoms with Crippen LogP contribution in [0.1, 0.15) is 71.1 Å². The third-order valence-corrected chi connectivity index (χ3v) is 5.41. The first kappa shape index (κ1) is 23.2. The third-order valence-electron chi connectivity index (χ3n) is 4.96. The van der Waals surface area contributed by atoms with Crippen LogP contribution < -0.4 is 0 Å². The fraction of sp³-hybridized carbons (Fsp3) is 0.667. The zero-order valence-corrected chi connectivity index (χ0v) is 18.7. The normalized spacial score (nSPS) is 13.1. The Bertz CT molecular complexity index is 599. The van der Waals surface area contributed by atoms with Crippen molar-refractivity contribution in [3.05, 3.63) is 28.8 Å². The predicted octanol–water partition coefficient (Wildman–Crippen LogP) is 5.24. The molecule has 148 valence electrons. The maximum absolute atomic E-state index is 12.1. The number of carbonyl (C=O) groups is 1. The highest BCUT2D eigenvalue weighted by molar-refractivity contribution is 7.80. The number of rotatable bonds is 7. The molecular weight excluding hydrogens is 364 g/mol. The minimum absolute atomic E-state index is 0.237. The van der Waals surface area contributed by atoms with Gasteiger partial charge in [0.2, 0.25) is 0 Å². The maximum atomic E-state index is 12.1. The number of thiol groups is 2. The van der Waals surface area contributed by atoms with E-state index in [1.165, 1.54) is 0 Å². The Morgan fingerprint density at radius 3 is 1.58 bits per heavy atom.